The highest BCUT2D eigenvalue weighted by Crippen LogP contribution is 2.22. The van der Waals surface area contributed by atoms with Crippen LogP contribution in [-0.2, 0) is 0 Å². The monoisotopic (exact) mass is 200 g/mol. The van der Waals surface area contributed by atoms with E-state index in [0.29, 0.717) is 5.92 Å². The van der Waals surface area contributed by atoms with Crippen LogP contribution in [0.3, 0.4) is 0 Å². The molecule has 1 aromatic rings. The first-order valence-corrected chi connectivity index (χ1v) is 4.92. The minimum absolute atomic E-state index is 0.167. The van der Waals surface area contributed by atoms with E-state index in [2.05, 4.69) is 6.92 Å². The summed E-state index contributed by atoms with van der Waals surface area (Å²) < 4.78 is 12.6. The number of alkyl halides is 1. The van der Waals surface area contributed by atoms with Crippen molar-refractivity contribution >= 4 is 11.6 Å². The Hall–Kier alpha value is -0.560. The van der Waals surface area contributed by atoms with E-state index in [1.165, 1.54) is 12.1 Å². The number of hydrogen-bond acceptors (Lipinski definition) is 0. The van der Waals surface area contributed by atoms with Gasteiger partial charge in [-0.05, 0) is 37.0 Å². The third kappa shape index (κ3) is 3.35. The molecule has 0 heterocycles. The van der Waals surface area contributed by atoms with Crippen molar-refractivity contribution in [1.82, 2.24) is 0 Å². The van der Waals surface area contributed by atoms with Gasteiger partial charge in [-0.1, -0.05) is 19.1 Å². The molecule has 0 aliphatic carbocycles. The molecule has 0 aliphatic heterocycles. The lowest BCUT2D eigenvalue weighted by molar-refractivity contribution is 0.622. The van der Waals surface area contributed by atoms with Gasteiger partial charge in [0.2, 0.25) is 0 Å². The second-order valence-electron chi connectivity index (χ2n) is 3.47. The Balaban J connectivity index is 2.66. The van der Waals surface area contributed by atoms with Gasteiger partial charge in [0, 0.05) is 5.38 Å². The fourth-order valence-corrected chi connectivity index (χ4v) is 1.68. The van der Waals surface area contributed by atoms with E-state index in [0.717, 1.165) is 12.0 Å². The van der Waals surface area contributed by atoms with Crippen molar-refractivity contribution in [2.24, 2.45) is 0 Å². The average Bonchev–Trinajstić information content (AvgIpc) is 2.04. The van der Waals surface area contributed by atoms with Gasteiger partial charge in [0.1, 0.15) is 5.82 Å². The lowest BCUT2D eigenvalue weighted by Gasteiger charge is -2.12. The van der Waals surface area contributed by atoms with Crippen molar-refractivity contribution in [1.29, 1.82) is 0 Å². The Bertz CT molecular complexity index is 253. The van der Waals surface area contributed by atoms with Gasteiger partial charge >= 0.3 is 0 Å². The first-order chi connectivity index (χ1) is 6.09. The van der Waals surface area contributed by atoms with Crippen LogP contribution in [0.15, 0.2) is 24.3 Å². The molecule has 0 saturated heterocycles. The van der Waals surface area contributed by atoms with Crippen LogP contribution in [-0.4, -0.2) is 5.38 Å². The fourth-order valence-electron chi connectivity index (χ4n) is 1.41. The van der Waals surface area contributed by atoms with Gasteiger partial charge in [0.15, 0.2) is 0 Å². The predicted molar refractivity (Wildman–Crippen MR) is 54.7 cm³/mol. The third-order valence-corrected chi connectivity index (χ3v) is 2.30. The lowest BCUT2D eigenvalue weighted by atomic mass is 9.96. The summed E-state index contributed by atoms with van der Waals surface area (Å²) in [5, 5.41) is 0.167. The molecule has 0 saturated carbocycles. The Morgan fingerprint density at radius 1 is 1.23 bits per heavy atom. The lowest BCUT2D eigenvalue weighted by Crippen LogP contribution is -2.00. The molecule has 0 amide bonds. The zero-order valence-corrected chi connectivity index (χ0v) is 8.68. The van der Waals surface area contributed by atoms with Crippen LogP contribution in [0.4, 0.5) is 4.39 Å². The maximum Gasteiger partial charge on any atom is 0.123 e. The minimum Gasteiger partial charge on any atom is -0.207 e. The Morgan fingerprint density at radius 2 is 1.77 bits per heavy atom. The van der Waals surface area contributed by atoms with Crippen molar-refractivity contribution < 1.29 is 4.39 Å². The van der Waals surface area contributed by atoms with E-state index < -0.39 is 0 Å². The summed E-state index contributed by atoms with van der Waals surface area (Å²) >= 11 is 5.88. The van der Waals surface area contributed by atoms with Crippen LogP contribution in [0, 0.1) is 5.82 Å². The molecule has 0 fully saturated rings. The number of rotatable bonds is 3. The van der Waals surface area contributed by atoms with E-state index in [9.17, 15) is 4.39 Å². The summed E-state index contributed by atoms with van der Waals surface area (Å²) in [6, 6.07) is 6.62. The maximum absolute atomic E-state index is 12.6. The van der Waals surface area contributed by atoms with Gasteiger partial charge in [-0.2, -0.15) is 0 Å². The van der Waals surface area contributed by atoms with Crippen LogP contribution in [0.1, 0.15) is 31.7 Å². The van der Waals surface area contributed by atoms with E-state index in [1.807, 2.05) is 19.1 Å². The summed E-state index contributed by atoms with van der Waals surface area (Å²) in [4.78, 5) is 0. The van der Waals surface area contributed by atoms with Gasteiger partial charge in [-0.3, -0.25) is 0 Å². The zero-order valence-electron chi connectivity index (χ0n) is 7.93. The standard InChI is InChI=1S/C11H14ClF/c1-8(7-9(2)12)10-3-5-11(13)6-4-10/h3-6,8-9H,7H2,1-2H3. The summed E-state index contributed by atoms with van der Waals surface area (Å²) in [5.74, 6) is 0.211. The van der Waals surface area contributed by atoms with Gasteiger partial charge in [-0.15, -0.1) is 11.6 Å². The summed E-state index contributed by atoms with van der Waals surface area (Å²) in [7, 11) is 0. The quantitative estimate of drug-likeness (QED) is 0.649. The highest BCUT2D eigenvalue weighted by molar-refractivity contribution is 6.20. The third-order valence-electron chi connectivity index (χ3n) is 2.12. The molecular weight excluding hydrogens is 187 g/mol. The average molecular weight is 201 g/mol. The summed E-state index contributed by atoms with van der Waals surface area (Å²) in [6.07, 6.45) is 0.924. The molecule has 2 heteroatoms. The SMILES string of the molecule is CC(Cl)CC(C)c1ccc(F)cc1. The molecule has 1 rings (SSSR count). The Morgan fingerprint density at radius 3 is 2.23 bits per heavy atom. The Labute approximate surface area is 83.7 Å². The Kier molecular flexibility index (Phi) is 3.73. The minimum atomic E-state index is -0.185. The van der Waals surface area contributed by atoms with Crippen LogP contribution in [0.25, 0.3) is 0 Å². The smallest absolute Gasteiger partial charge is 0.123 e. The molecule has 13 heavy (non-hydrogen) atoms. The first-order valence-electron chi connectivity index (χ1n) is 4.49. The summed E-state index contributed by atoms with van der Waals surface area (Å²) in [5.41, 5.74) is 1.15. The topological polar surface area (TPSA) is 0 Å². The van der Waals surface area contributed by atoms with Gasteiger partial charge in [0.05, 0.1) is 0 Å². The molecule has 0 bridgehead atoms. The van der Waals surface area contributed by atoms with E-state index in [4.69, 9.17) is 11.6 Å². The second kappa shape index (κ2) is 4.61. The molecular formula is C11H14ClF. The fraction of sp³-hybridized carbons (Fsp3) is 0.455. The zero-order chi connectivity index (χ0) is 9.84. The van der Waals surface area contributed by atoms with Crippen LogP contribution in [0.2, 0.25) is 0 Å². The number of hydrogen-bond donors (Lipinski definition) is 0. The van der Waals surface area contributed by atoms with E-state index >= 15 is 0 Å². The van der Waals surface area contributed by atoms with Crippen molar-refractivity contribution in [3.63, 3.8) is 0 Å². The van der Waals surface area contributed by atoms with Crippen LogP contribution < -0.4 is 0 Å². The highest BCUT2D eigenvalue weighted by atomic mass is 35.5. The highest BCUT2D eigenvalue weighted by Gasteiger charge is 2.08. The first kappa shape index (κ1) is 10.5. The van der Waals surface area contributed by atoms with Crippen LogP contribution >= 0.6 is 11.6 Å². The molecule has 0 nitrogen and oxygen atoms in total. The van der Waals surface area contributed by atoms with E-state index in [-0.39, 0.29) is 11.2 Å². The molecule has 0 N–H and O–H groups in total. The molecule has 0 aliphatic rings. The molecule has 0 radical (unpaired) electrons. The normalized spacial score (nSPS) is 15.4. The van der Waals surface area contributed by atoms with Gasteiger partial charge in [-0.25, -0.2) is 4.39 Å². The van der Waals surface area contributed by atoms with Gasteiger partial charge < -0.3 is 0 Å². The molecule has 0 spiro atoms. The number of halogens is 2. The van der Waals surface area contributed by atoms with Gasteiger partial charge in [0.25, 0.3) is 0 Å². The van der Waals surface area contributed by atoms with Crippen molar-refractivity contribution in [3.05, 3.63) is 35.6 Å². The van der Waals surface area contributed by atoms with Crippen LogP contribution in [0.5, 0.6) is 0 Å². The predicted octanol–water partition coefficient (Wildman–Crippen LogP) is 3.95. The largest absolute Gasteiger partial charge is 0.207 e. The van der Waals surface area contributed by atoms with Crippen molar-refractivity contribution in [2.45, 2.75) is 31.6 Å². The molecule has 0 aromatic heterocycles. The molecule has 72 valence electrons. The number of benzene rings is 1. The molecule has 2 atom stereocenters. The summed E-state index contributed by atoms with van der Waals surface area (Å²) in [6.45, 7) is 4.08. The molecule has 2 unspecified atom stereocenters. The van der Waals surface area contributed by atoms with Crippen molar-refractivity contribution in [2.75, 3.05) is 0 Å². The molecule has 1 aromatic carbocycles. The van der Waals surface area contributed by atoms with Crippen molar-refractivity contribution in [3.8, 4) is 0 Å². The van der Waals surface area contributed by atoms with E-state index in [1.54, 1.807) is 0 Å². The maximum atomic E-state index is 12.6. The second-order valence-corrected chi connectivity index (χ2v) is 4.21.